The summed E-state index contributed by atoms with van der Waals surface area (Å²) in [5, 5.41) is 1.24. The van der Waals surface area contributed by atoms with Gasteiger partial charge in [-0.15, -0.1) is 0 Å². The zero-order valence-corrected chi connectivity index (χ0v) is 25.8. The van der Waals surface area contributed by atoms with Crippen LogP contribution in [0, 0.1) is 0 Å². The molecule has 0 aliphatic carbocycles. The van der Waals surface area contributed by atoms with Gasteiger partial charge in [-0.25, -0.2) is 13.1 Å². The predicted molar refractivity (Wildman–Crippen MR) is 164 cm³/mol. The van der Waals surface area contributed by atoms with Gasteiger partial charge >= 0.3 is 5.97 Å². The first kappa shape index (κ1) is 31.8. The number of esters is 1. The Morgan fingerprint density at radius 1 is 1.00 bits per heavy atom. The number of halogens is 2. The zero-order valence-electron chi connectivity index (χ0n) is 23.5. The molecule has 4 rings (SSSR count). The minimum atomic E-state index is -4.17. The molecule has 0 radical (unpaired) electrons. The summed E-state index contributed by atoms with van der Waals surface area (Å²) in [6, 6.07) is 20.5. The largest absolute Gasteiger partial charge is 0.497 e. The van der Waals surface area contributed by atoms with E-state index in [1.807, 2.05) is 48.5 Å². The van der Waals surface area contributed by atoms with Crippen LogP contribution in [0.25, 0.3) is 0 Å². The Labute approximate surface area is 256 Å². The number of anilines is 1. The van der Waals surface area contributed by atoms with E-state index in [1.165, 1.54) is 18.9 Å². The van der Waals surface area contributed by atoms with Gasteiger partial charge < -0.3 is 14.4 Å². The van der Waals surface area contributed by atoms with E-state index in [2.05, 4.69) is 9.62 Å². The molecule has 1 fully saturated rings. The van der Waals surface area contributed by atoms with Gasteiger partial charge in [-0.05, 0) is 61.4 Å². The highest BCUT2D eigenvalue weighted by Crippen LogP contribution is 2.36. The van der Waals surface area contributed by atoms with E-state index >= 15 is 0 Å². The number of benzene rings is 3. The van der Waals surface area contributed by atoms with Crippen molar-refractivity contribution in [3.05, 3.63) is 94.0 Å². The number of rotatable bonds is 12. The molecular weight excluding hydrogens is 601 g/mol. The second-order valence-corrected chi connectivity index (χ2v) is 12.6. The van der Waals surface area contributed by atoms with Crippen LogP contribution in [0.1, 0.15) is 31.0 Å². The highest BCUT2D eigenvalue weighted by molar-refractivity contribution is 7.90. The molecule has 0 spiro atoms. The van der Waals surface area contributed by atoms with Crippen molar-refractivity contribution < 1.29 is 27.5 Å². The number of amides is 1. The van der Waals surface area contributed by atoms with Crippen molar-refractivity contribution >= 4 is 50.8 Å². The lowest BCUT2D eigenvalue weighted by Crippen LogP contribution is -2.63. The van der Waals surface area contributed by atoms with E-state index in [9.17, 15) is 18.0 Å². The first-order chi connectivity index (χ1) is 20.0. The molecule has 1 saturated heterocycles. The molecular formula is C30H33Cl2N3O6S. The molecule has 1 unspecified atom stereocenters. The second-order valence-electron chi connectivity index (χ2n) is 9.93. The van der Waals surface area contributed by atoms with E-state index in [0.29, 0.717) is 34.6 Å². The van der Waals surface area contributed by atoms with Crippen LogP contribution >= 0.6 is 23.2 Å². The van der Waals surface area contributed by atoms with Crippen LogP contribution in [-0.2, 0) is 24.3 Å². The van der Waals surface area contributed by atoms with Gasteiger partial charge in [0, 0.05) is 34.9 Å². The Bertz CT molecular complexity index is 1450. The third-order valence-corrected chi connectivity index (χ3v) is 8.75. The number of nitrogens with one attached hydrogen (secondary N) is 1. The topological polar surface area (TPSA) is 105 Å². The number of nitrogens with zero attached hydrogens (tertiary/aromatic N) is 2. The monoisotopic (exact) mass is 633 g/mol. The van der Waals surface area contributed by atoms with Crippen molar-refractivity contribution in [3.8, 4) is 5.75 Å². The lowest BCUT2D eigenvalue weighted by Gasteiger charge is -2.49. The summed E-state index contributed by atoms with van der Waals surface area (Å²) in [5.74, 6) is -1.67. The number of carbonyl (C=O) groups is 2. The van der Waals surface area contributed by atoms with E-state index in [1.54, 1.807) is 31.2 Å². The summed E-state index contributed by atoms with van der Waals surface area (Å²) in [7, 11) is -2.65. The lowest BCUT2D eigenvalue weighted by molar-refractivity contribution is -0.144. The first-order valence-corrected chi connectivity index (χ1v) is 15.8. The molecule has 0 aromatic heterocycles. The smallest absolute Gasteiger partial charge is 0.323 e. The Morgan fingerprint density at radius 2 is 1.57 bits per heavy atom. The predicted octanol–water partition coefficient (Wildman–Crippen LogP) is 4.68. The maximum absolute atomic E-state index is 13.7. The summed E-state index contributed by atoms with van der Waals surface area (Å²) in [4.78, 5) is 29.3. The highest BCUT2D eigenvalue weighted by atomic mass is 35.5. The molecule has 3 aromatic rings. The number of carbonyl (C=O) groups excluding carboxylic acids is 2. The summed E-state index contributed by atoms with van der Waals surface area (Å²) in [6.45, 7) is 4.04. The van der Waals surface area contributed by atoms with Gasteiger partial charge in [-0.3, -0.25) is 14.5 Å². The van der Waals surface area contributed by atoms with Gasteiger partial charge in [-0.2, -0.15) is 0 Å². The van der Waals surface area contributed by atoms with Crippen LogP contribution < -0.4 is 14.4 Å². The van der Waals surface area contributed by atoms with Crippen LogP contribution in [0.3, 0.4) is 0 Å². The molecule has 0 bridgehead atoms. The number of ether oxygens (including phenoxy) is 2. The molecule has 1 aliphatic rings. The SMILES string of the molecule is CCOC(=O)C(C)NS(=O)(=O)CC(=O)N(c1cccc(OC)c1)C1CN(C(c2ccc(Cl)cc2)c2ccc(Cl)cc2)C1. The van der Waals surface area contributed by atoms with Crippen LogP contribution in [0.2, 0.25) is 10.0 Å². The van der Waals surface area contributed by atoms with Crippen molar-refractivity contribution in [1.29, 1.82) is 0 Å². The number of sulfonamides is 1. The van der Waals surface area contributed by atoms with E-state index in [4.69, 9.17) is 32.7 Å². The third-order valence-electron chi connectivity index (χ3n) is 6.90. The number of methoxy groups -OCH3 is 1. The molecule has 1 amide bonds. The van der Waals surface area contributed by atoms with E-state index < -0.39 is 33.7 Å². The molecule has 42 heavy (non-hydrogen) atoms. The van der Waals surface area contributed by atoms with Crippen molar-refractivity contribution in [2.75, 3.05) is 37.5 Å². The van der Waals surface area contributed by atoms with Crippen LogP contribution in [-0.4, -0.2) is 69.8 Å². The van der Waals surface area contributed by atoms with Gasteiger partial charge in [-0.1, -0.05) is 53.5 Å². The van der Waals surface area contributed by atoms with Gasteiger partial charge in [0.1, 0.15) is 17.5 Å². The Kier molecular flexibility index (Phi) is 10.5. The van der Waals surface area contributed by atoms with Gasteiger partial charge in [0.25, 0.3) is 0 Å². The molecule has 1 N–H and O–H groups in total. The summed E-state index contributed by atoms with van der Waals surface area (Å²) >= 11 is 12.3. The molecule has 3 aromatic carbocycles. The van der Waals surface area contributed by atoms with Gasteiger partial charge in [0.05, 0.1) is 25.8 Å². The fourth-order valence-corrected chi connectivity index (χ4v) is 6.38. The van der Waals surface area contributed by atoms with Crippen LogP contribution in [0.4, 0.5) is 5.69 Å². The third kappa shape index (κ3) is 7.81. The van der Waals surface area contributed by atoms with Crippen LogP contribution in [0.5, 0.6) is 5.75 Å². The fraction of sp³-hybridized carbons (Fsp3) is 0.333. The average molecular weight is 635 g/mol. The Hall–Kier alpha value is -3.15. The molecule has 1 aliphatic heterocycles. The summed E-state index contributed by atoms with van der Waals surface area (Å²) in [6.07, 6.45) is 0. The van der Waals surface area contributed by atoms with E-state index in [-0.39, 0.29) is 18.7 Å². The van der Waals surface area contributed by atoms with Gasteiger partial charge in [0.2, 0.25) is 15.9 Å². The minimum Gasteiger partial charge on any atom is -0.497 e. The van der Waals surface area contributed by atoms with Gasteiger partial charge in [0.15, 0.2) is 0 Å². The molecule has 9 nitrogen and oxygen atoms in total. The molecule has 224 valence electrons. The van der Waals surface area contributed by atoms with Crippen molar-refractivity contribution in [2.24, 2.45) is 0 Å². The Balaban J connectivity index is 1.59. The van der Waals surface area contributed by atoms with Crippen LogP contribution in [0.15, 0.2) is 72.8 Å². The Morgan fingerprint density at radius 3 is 2.10 bits per heavy atom. The quantitative estimate of drug-likeness (QED) is 0.289. The maximum Gasteiger partial charge on any atom is 0.323 e. The van der Waals surface area contributed by atoms with Crippen molar-refractivity contribution in [1.82, 2.24) is 9.62 Å². The number of likely N-dealkylation sites (tertiary alicyclic amines) is 1. The van der Waals surface area contributed by atoms with E-state index in [0.717, 1.165) is 11.1 Å². The second kappa shape index (κ2) is 13.9. The lowest BCUT2D eigenvalue weighted by atomic mass is 9.92. The standard InChI is InChI=1S/C30H33Cl2N3O6S/c1-4-41-30(37)20(2)33-42(38,39)19-28(36)35(25-6-5-7-27(16-25)40-3)26-17-34(18-26)29(21-8-12-23(31)13-9-21)22-10-14-24(32)15-11-22/h5-16,20,26,29,33H,4,17-19H2,1-3H3. The van der Waals surface area contributed by atoms with Crippen molar-refractivity contribution in [3.63, 3.8) is 0 Å². The number of hydrogen-bond acceptors (Lipinski definition) is 7. The first-order valence-electron chi connectivity index (χ1n) is 13.4. The number of hydrogen-bond donors (Lipinski definition) is 1. The zero-order chi connectivity index (χ0) is 30.4. The minimum absolute atomic E-state index is 0.110. The summed E-state index contributed by atoms with van der Waals surface area (Å²) < 4.78 is 38.3. The summed E-state index contributed by atoms with van der Waals surface area (Å²) in [5.41, 5.74) is 2.53. The fourth-order valence-electron chi connectivity index (χ4n) is 4.94. The van der Waals surface area contributed by atoms with Crippen molar-refractivity contribution in [2.45, 2.75) is 32.0 Å². The molecule has 0 saturated carbocycles. The molecule has 12 heteroatoms. The average Bonchev–Trinajstić information content (AvgIpc) is 2.93. The molecule has 1 heterocycles. The normalized spacial score (nSPS) is 14.7. The maximum atomic E-state index is 13.7. The molecule has 1 atom stereocenters. The highest BCUT2D eigenvalue weighted by Gasteiger charge is 2.41.